The van der Waals surface area contributed by atoms with Crippen molar-refractivity contribution in [3.8, 4) is 0 Å². The second kappa shape index (κ2) is 5.31. The number of halogens is 3. The highest BCUT2D eigenvalue weighted by atomic mass is 32.2. The molecule has 0 spiro atoms. The van der Waals surface area contributed by atoms with E-state index in [0.717, 1.165) is 0 Å². The second-order valence-corrected chi connectivity index (χ2v) is 6.25. The van der Waals surface area contributed by atoms with Crippen molar-refractivity contribution in [2.45, 2.75) is 30.3 Å². The summed E-state index contributed by atoms with van der Waals surface area (Å²) in [4.78, 5) is -0.440. The molecule has 0 aliphatic heterocycles. The summed E-state index contributed by atoms with van der Waals surface area (Å²) < 4.78 is 63.1. The highest BCUT2D eigenvalue weighted by molar-refractivity contribution is 7.89. The average Bonchev–Trinajstić information content (AvgIpc) is 2.36. The molecule has 2 rings (SSSR count). The quantitative estimate of drug-likeness (QED) is 0.941. The maximum absolute atomic E-state index is 13.1. The molecule has 0 fully saturated rings. The maximum Gasteiger partial charge on any atom is 0.395 e. The molecule has 0 aliphatic rings. The summed E-state index contributed by atoms with van der Waals surface area (Å²) in [5, 5.41) is 5.90. The molecule has 0 saturated heterocycles. The van der Waals surface area contributed by atoms with Crippen molar-refractivity contribution >= 4 is 20.8 Å². The third kappa shape index (κ3) is 3.03. The molecule has 7 heteroatoms. The summed E-state index contributed by atoms with van der Waals surface area (Å²) in [7, 11) is -4.28. The summed E-state index contributed by atoms with van der Waals surface area (Å²) in [6.45, 7) is 1.36. The van der Waals surface area contributed by atoms with Gasteiger partial charge in [0.1, 0.15) is 0 Å². The zero-order valence-electron chi connectivity index (χ0n) is 11.2. The van der Waals surface area contributed by atoms with Gasteiger partial charge in [0.05, 0.1) is 10.8 Å². The molecule has 0 bridgehead atoms. The van der Waals surface area contributed by atoms with E-state index in [2.05, 4.69) is 0 Å². The van der Waals surface area contributed by atoms with E-state index in [1.54, 1.807) is 18.2 Å². The molecule has 3 nitrogen and oxygen atoms in total. The van der Waals surface area contributed by atoms with Gasteiger partial charge in [0, 0.05) is 5.39 Å². The van der Waals surface area contributed by atoms with Gasteiger partial charge in [-0.15, -0.1) is 0 Å². The van der Waals surface area contributed by atoms with Gasteiger partial charge in [-0.05, 0) is 17.4 Å². The van der Waals surface area contributed by atoms with Crippen LogP contribution >= 0.6 is 0 Å². The summed E-state index contributed by atoms with van der Waals surface area (Å²) in [6, 6.07) is 9.01. The largest absolute Gasteiger partial charge is 0.395 e. The van der Waals surface area contributed by atoms with Gasteiger partial charge in [-0.2, -0.15) is 13.2 Å². The first-order valence-electron chi connectivity index (χ1n) is 6.27. The fourth-order valence-corrected chi connectivity index (χ4v) is 3.51. The van der Waals surface area contributed by atoms with Crippen LogP contribution in [0.4, 0.5) is 13.2 Å². The fraction of sp³-hybridized carbons (Fsp3) is 0.286. The third-order valence-corrected chi connectivity index (χ3v) is 4.40. The van der Waals surface area contributed by atoms with Gasteiger partial charge >= 0.3 is 6.18 Å². The number of hydrogen-bond acceptors (Lipinski definition) is 2. The predicted molar refractivity (Wildman–Crippen MR) is 74.4 cm³/mol. The number of hydrogen-bond donors (Lipinski definition) is 1. The Morgan fingerprint density at radius 3 is 2.29 bits per heavy atom. The van der Waals surface area contributed by atoms with Crippen molar-refractivity contribution in [3.63, 3.8) is 0 Å². The predicted octanol–water partition coefficient (Wildman–Crippen LogP) is 3.54. The summed E-state index contributed by atoms with van der Waals surface area (Å²) in [5.41, 5.74) is -0.300. The number of nitrogens with two attached hydrogens (primary N) is 1. The number of primary sulfonamides is 1. The normalized spacial score (nSPS) is 14.3. The minimum absolute atomic E-state index is 0.209. The molecule has 0 heterocycles. The molecule has 0 saturated carbocycles. The minimum Gasteiger partial charge on any atom is -0.225 e. The van der Waals surface area contributed by atoms with E-state index in [-0.39, 0.29) is 17.4 Å². The van der Waals surface area contributed by atoms with Crippen LogP contribution in [0.15, 0.2) is 41.3 Å². The monoisotopic (exact) mass is 317 g/mol. The average molecular weight is 317 g/mol. The molecular weight excluding hydrogens is 303 g/mol. The van der Waals surface area contributed by atoms with Gasteiger partial charge < -0.3 is 0 Å². The standard InChI is InChI=1S/C14H14F3NO2S/c1-2-12(14(15,16)17)11-8-7-9-5-3-4-6-10(9)13(11)21(18,19)20/h3-8,12H,2H2,1H3,(H2,18,19,20)/t12-/m1/s1. The molecule has 0 aliphatic carbocycles. The van der Waals surface area contributed by atoms with Gasteiger partial charge in [-0.25, -0.2) is 13.6 Å². The van der Waals surface area contributed by atoms with Gasteiger partial charge in [-0.3, -0.25) is 0 Å². The molecule has 2 aromatic rings. The van der Waals surface area contributed by atoms with Crippen molar-refractivity contribution < 1.29 is 21.6 Å². The number of sulfonamides is 1. The fourth-order valence-electron chi connectivity index (χ4n) is 2.48. The van der Waals surface area contributed by atoms with Crippen molar-refractivity contribution in [1.29, 1.82) is 0 Å². The van der Waals surface area contributed by atoms with E-state index in [9.17, 15) is 21.6 Å². The molecule has 0 radical (unpaired) electrons. The van der Waals surface area contributed by atoms with E-state index < -0.39 is 27.0 Å². The summed E-state index contributed by atoms with van der Waals surface area (Å²) >= 11 is 0. The van der Waals surface area contributed by atoms with Crippen molar-refractivity contribution in [1.82, 2.24) is 0 Å². The van der Waals surface area contributed by atoms with Gasteiger partial charge in [0.25, 0.3) is 0 Å². The highest BCUT2D eigenvalue weighted by Gasteiger charge is 2.41. The zero-order valence-corrected chi connectivity index (χ0v) is 12.0. The minimum atomic E-state index is -4.53. The topological polar surface area (TPSA) is 60.2 Å². The van der Waals surface area contributed by atoms with Crippen LogP contribution in [0, 0.1) is 0 Å². The maximum atomic E-state index is 13.1. The SMILES string of the molecule is CC[C@H](c1ccc2ccccc2c1S(N)(=O)=O)C(F)(F)F. The van der Waals surface area contributed by atoms with E-state index in [0.29, 0.717) is 5.39 Å². The van der Waals surface area contributed by atoms with E-state index >= 15 is 0 Å². The first kappa shape index (κ1) is 15.8. The Balaban J connectivity index is 2.87. The number of alkyl halides is 3. The summed E-state index contributed by atoms with van der Waals surface area (Å²) in [6.07, 6.45) is -4.79. The zero-order chi connectivity index (χ0) is 15.8. The molecule has 1 atom stereocenters. The van der Waals surface area contributed by atoms with Crippen molar-refractivity contribution in [2.24, 2.45) is 5.14 Å². The number of benzene rings is 2. The smallest absolute Gasteiger partial charge is 0.225 e. The number of fused-ring (bicyclic) bond motifs is 1. The van der Waals surface area contributed by atoms with Crippen LogP contribution in [0.2, 0.25) is 0 Å². The van der Waals surface area contributed by atoms with Crippen LogP contribution in [0.25, 0.3) is 10.8 Å². The van der Waals surface area contributed by atoms with Crippen molar-refractivity contribution in [3.05, 3.63) is 42.0 Å². The van der Waals surface area contributed by atoms with E-state index in [4.69, 9.17) is 5.14 Å². The van der Waals surface area contributed by atoms with E-state index in [1.165, 1.54) is 25.1 Å². The molecule has 2 N–H and O–H groups in total. The van der Waals surface area contributed by atoms with Crippen molar-refractivity contribution in [2.75, 3.05) is 0 Å². The first-order valence-corrected chi connectivity index (χ1v) is 7.82. The molecule has 0 amide bonds. The van der Waals surface area contributed by atoms with Crippen LogP contribution in [0.1, 0.15) is 24.8 Å². The Kier molecular flexibility index (Phi) is 3.99. The molecule has 2 aromatic carbocycles. The van der Waals surface area contributed by atoms with Crippen LogP contribution in [0.5, 0.6) is 0 Å². The lowest BCUT2D eigenvalue weighted by atomic mass is 9.93. The van der Waals surface area contributed by atoms with Crippen LogP contribution in [0.3, 0.4) is 0 Å². The second-order valence-electron chi connectivity index (χ2n) is 4.75. The Morgan fingerprint density at radius 2 is 1.76 bits per heavy atom. The first-order chi connectivity index (χ1) is 9.66. The van der Waals surface area contributed by atoms with Crippen LogP contribution < -0.4 is 5.14 Å². The molecule has 0 unspecified atom stereocenters. The highest BCUT2D eigenvalue weighted by Crippen LogP contribution is 2.41. The molecule has 0 aromatic heterocycles. The Morgan fingerprint density at radius 1 is 1.14 bits per heavy atom. The third-order valence-electron chi connectivity index (χ3n) is 3.37. The molecule has 21 heavy (non-hydrogen) atoms. The molecular formula is C14H14F3NO2S. The van der Waals surface area contributed by atoms with Crippen LogP contribution in [-0.4, -0.2) is 14.6 Å². The van der Waals surface area contributed by atoms with Gasteiger partial charge in [0.15, 0.2) is 0 Å². The summed E-state index contributed by atoms with van der Waals surface area (Å²) in [5.74, 6) is -1.87. The molecule has 114 valence electrons. The lowest BCUT2D eigenvalue weighted by Crippen LogP contribution is -2.24. The van der Waals surface area contributed by atoms with E-state index in [1.807, 2.05) is 0 Å². The van der Waals surface area contributed by atoms with Crippen LogP contribution in [-0.2, 0) is 10.0 Å². The lowest BCUT2D eigenvalue weighted by Gasteiger charge is -2.22. The lowest BCUT2D eigenvalue weighted by molar-refractivity contribution is -0.151. The Bertz CT molecular complexity index is 769. The van der Waals surface area contributed by atoms with Gasteiger partial charge in [-0.1, -0.05) is 43.3 Å². The Labute approximate surface area is 120 Å². The van der Waals surface area contributed by atoms with Gasteiger partial charge in [0.2, 0.25) is 10.0 Å². The number of rotatable bonds is 3. The Hall–Kier alpha value is -1.60.